The van der Waals surface area contributed by atoms with Crippen LogP contribution in [0.3, 0.4) is 0 Å². The number of unbranched alkanes of at least 4 members (excludes halogenated alkanes) is 2. The van der Waals surface area contributed by atoms with E-state index in [1.54, 1.807) is 0 Å². The summed E-state index contributed by atoms with van der Waals surface area (Å²) in [6, 6.07) is 0. The van der Waals surface area contributed by atoms with Gasteiger partial charge in [0.25, 0.3) is 6.34 Å². The first-order valence-corrected chi connectivity index (χ1v) is 3.88. The molecule has 0 spiro atoms. The Kier molecular flexibility index (Phi) is 6.03. The standard InChI is InChI=1S/C8H16N2/c1-3-4-5-6-8(2)10-7-9/h7,9H,3-6H2,1-2H3/p+1. The Bertz CT molecular complexity index is 116. The molecule has 0 aromatic heterocycles. The van der Waals surface area contributed by atoms with Crippen molar-refractivity contribution in [1.29, 1.82) is 0 Å². The van der Waals surface area contributed by atoms with Gasteiger partial charge in [0.05, 0.1) is 0 Å². The molecule has 0 radical (unpaired) electrons. The fourth-order valence-electron chi connectivity index (χ4n) is 0.823. The predicted molar refractivity (Wildman–Crippen MR) is 45.2 cm³/mol. The number of hydrogen-bond acceptors (Lipinski definition) is 0. The van der Waals surface area contributed by atoms with Gasteiger partial charge in [-0.15, -0.1) is 0 Å². The van der Waals surface area contributed by atoms with E-state index in [2.05, 4.69) is 11.9 Å². The maximum Gasteiger partial charge on any atom is 0.277 e. The van der Waals surface area contributed by atoms with Gasteiger partial charge >= 0.3 is 0 Å². The number of aliphatic imine (C=N–C) groups is 1. The molecule has 0 bridgehead atoms. The molecule has 0 aliphatic rings. The number of rotatable bonds is 5. The van der Waals surface area contributed by atoms with Crippen LogP contribution in [-0.4, -0.2) is 12.1 Å². The lowest BCUT2D eigenvalue weighted by atomic mass is 10.1. The van der Waals surface area contributed by atoms with E-state index in [9.17, 15) is 0 Å². The Labute approximate surface area is 62.9 Å². The Morgan fingerprint density at radius 1 is 1.50 bits per heavy atom. The Balaban J connectivity index is 3.29. The van der Waals surface area contributed by atoms with Gasteiger partial charge in [-0.05, 0) is 13.3 Å². The molecule has 0 aromatic rings. The molecular formula is C8H17N2+. The van der Waals surface area contributed by atoms with E-state index in [-0.39, 0.29) is 0 Å². The highest BCUT2D eigenvalue weighted by atomic mass is 14.8. The molecule has 0 aliphatic heterocycles. The molecule has 2 N–H and O–H groups in total. The van der Waals surface area contributed by atoms with Crippen LogP contribution >= 0.6 is 0 Å². The van der Waals surface area contributed by atoms with Gasteiger partial charge in [-0.2, -0.15) is 0 Å². The van der Waals surface area contributed by atoms with Gasteiger partial charge in [0.1, 0.15) is 5.71 Å². The van der Waals surface area contributed by atoms with E-state index in [4.69, 9.17) is 5.41 Å². The Morgan fingerprint density at radius 3 is 2.70 bits per heavy atom. The van der Waals surface area contributed by atoms with Crippen molar-refractivity contribution in [1.82, 2.24) is 0 Å². The fourth-order valence-corrected chi connectivity index (χ4v) is 0.823. The zero-order chi connectivity index (χ0) is 7.82. The lowest BCUT2D eigenvalue weighted by Gasteiger charge is -1.91. The molecule has 2 heteroatoms. The zero-order valence-corrected chi connectivity index (χ0v) is 6.93. The van der Waals surface area contributed by atoms with Crippen molar-refractivity contribution in [3.8, 4) is 0 Å². The average molecular weight is 141 g/mol. The Morgan fingerprint density at radius 2 is 2.20 bits per heavy atom. The van der Waals surface area contributed by atoms with Crippen molar-refractivity contribution < 1.29 is 5.41 Å². The summed E-state index contributed by atoms with van der Waals surface area (Å²) in [5.41, 5.74) is 1.14. The molecule has 2 nitrogen and oxygen atoms in total. The average Bonchev–Trinajstić information content (AvgIpc) is 1.89. The van der Waals surface area contributed by atoms with Crippen LogP contribution in [-0.2, 0) is 0 Å². The maximum atomic E-state index is 5.12. The van der Waals surface area contributed by atoms with Crippen molar-refractivity contribution in [2.45, 2.75) is 39.5 Å². The van der Waals surface area contributed by atoms with E-state index >= 15 is 0 Å². The van der Waals surface area contributed by atoms with Crippen LogP contribution in [0.4, 0.5) is 0 Å². The van der Waals surface area contributed by atoms with Gasteiger partial charge in [0.15, 0.2) is 0 Å². The number of nitrogens with zero attached hydrogens (tertiary/aromatic N) is 1. The zero-order valence-electron chi connectivity index (χ0n) is 6.93. The van der Waals surface area contributed by atoms with E-state index < -0.39 is 0 Å². The summed E-state index contributed by atoms with van der Waals surface area (Å²) in [5, 5.41) is 5.12. The molecule has 0 amide bonds. The third-order valence-electron chi connectivity index (χ3n) is 1.44. The molecule has 0 aliphatic carbocycles. The highest BCUT2D eigenvalue weighted by Crippen LogP contribution is 1.99. The van der Waals surface area contributed by atoms with Gasteiger partial charge in [-0.1, -0.05) is 24.8 Å². The van der Waals surface area contributed by atoms with Crippen LogP contribution in [0.15, 0.2) is 4.99 Å². The third kappa shape index (κ3) is 5.48. The van der Waals surface area contributed by atoms with Crippen molar-refractivity contribution in [2.75, 3.05) is 0 Å². The minimum atomic E-state index is 1.08. The van der Waals surface area contributed by atoms with Gasteiger partial charge in [0.2, 0.25) is 0 Å². The molecule has 0 fully saturated rings. The van der Waals surface area contributed by atoms with E-state index in [0.717, 1.165) is 12.1 Å². The molecule has 10 heavy (non-hydrogen) atoms. The second-order valence-corrected chi connectivity index (χ2v) is 2.47. The summed E-state index contributed by atoms with van der Waals surface area (Å²) in [6.07, 6.45) is 6.24. The molecule has 0 atom stereocenters. The molecule has 0 saturated heterocycles. The summed E-state index contributed by atoms with van der Waals surface area (Å²) >= 11 is 0. The maximum absolute atomic E-state index is 5.12. The van der Waals surface area contributed by atoms with Gasteiger partial charge in [-0.25, -0.2) is 0 Å². The van der Waals surface area contributed by atoms with Crippen LogP contribution in [0.1, 0.15) is 39.5 Å². The van der Waals surface area contributed by atoms with E-state index in [1.165, 1.54) is 25.6 Å². The second kappa shape index (κ2) is 6.46. The summed E-state index contributed by atoms with van der Waals surface area (Å²) in [7, 11) is 0. The lowest BCUT2D eigenvalue weighted by Crippen LogP contribution is -2.28. The molecule has 0 rings (SSSR count). The monoisotopic (exact) mass is 141 g/mol. The second-order valence-electron chi connectivity index (χ2n) is 2.47. The van der Waals surface area contributed by atoms with E-state index in [0.29, 0.717) is 0 Å². The van der Waals surface area contributed by atoms with Crippen LogP contribution in [0.25, 0.3) is 0 Å². The van der Waals surface area contributed by atoms with Crippen LogP contribution in [0.5, 0.6) is 0 Å². The van der Waals surface area contributed by atoms with E-state index in [1.807, 2.05) is 6.92 Å². The van der Waals surface area contributed by atoms with Crippen molar-refractivity contribution >= 4 is 12.1 Å². The van der Waals surface area contributed by atoms with Crippen LogP contribution in [0.2, 0.25) is 0 Å². The lowest BCUT2D eigenvalue weighted by molar-refractivity contribution is -0.106. The SMILES string of the molecule is CCCCCC(C)=NC=[NH2+]. The molecule has 0 heterocycles. The number of nitrogens with two attached hydrogens (primary N) is 1. The summed E-state index contributed by atoms with van der Waals surface area (Å²) in [5.74, 6) is 0. The first-order chi connectivity index (χ1) is 4.81. The Hall–Kier alpha value is -0.660. The molecule has 0 aromatic carbocycles. The number of hydrogen-bond donors (Lipinski definition) is 1. The molecule has 58 valence electrons. The largest absolute Gasteiger partial charge is 0.290 e. The first kappa shape index (κ1) is 9.34. The smallest absolute Gasteiger partial charge is 0.277 e. The first-order valence-electron chi connectivity index (χ1n) is 3.88. The molecule has 0 unspecified atom stereocenters. The van der Waals surface area contributed by atoms with Crippen LogP contribution < -0.4 is 5.41 Å². The minimum Gasteiger partial charge on any atom is -0.290 e. The van der Waals surface area contributed by atoms with Crippen molar-refractivity contribution in [2.24, 2.45) is 4.99 Å². The minimum absolute atomic E-state index is 1.08. The normalized spacial score (nSPS) is 11.6. The van der Waals surface area contributed by atoms with Gasteiger partial charge in [-0.3, -0.25) is 5.41 Å². The predicted octanol–water partition coefficient (Wildman–Crippen LogP) is 0.815. The fraction of sp³-hybridized carbons (Fsp3) is 0.750. The summed E-state index contributed by atoms with van der Waals surface area (Å²) in [4.78, 5) is 3.97. The highest BCUT2D eigenvalue weighted by Gasteiger charge is 1.94. The van der Waals surface area contributed by atoms with Crippen molar-refractivity contribution in [3.05, 3.63) is 0 Å². The molecular weight excluding hydrogens is 124 g/mol. The topological polar surface area (TPSA) is 38.0 Å². The van der Waals surface area contributed by atoms with Crippen molar-refractivity contribution in [3.63, 3.8) is 0 Å². The third-order valence-corrected chi connectivity index (χ3v) is 1.44. The summed E-state index contributed by atoms with van der Waals surface area (Å²) < 4.78 is 0. The highest BCUT2D eigenvalue weighted by molar-refractivity contribution is 5.87. The van der Waals surface area contributed by atoms with Gasteiger partial charge < -0.3 is 0 Å². The van der Waals surface area contributed by atoms with Crippen LogP contribution in [0, 0.1) is 0 Å². The summed E-state index contributed by atoms with van der Waals surface area (Å²) in [6.45, 7) is 4.21. The molecule has 0 saturated carbocycles. The quantitative estimate of drug-likeness (QED) is 0.334. The van der Waals surface area contributed by atoms with Gasteiger partial charge in [0, 0.05) is 6.42 Å².